The Morgan fingerprint density at radius 1 is 1.10 bits per heavy atom. The fraction of sp³-hybridized carbons (Fsp3) is 0. The maximum atomic E-state index is 14.2. The van der Waals surface area contributed by atoms with E-state index >= 15 is 0 Å². The van der Waals surface area contributed by atoms with Gasteiger partial charge in [-0.15, -0.1) is 0 Å². The van der Waals surface area contributed by atoms with Crippen molar-refractivity contribution < 1.29 is 9.13 Å². The highest BCUT2D eigenvalue weighted by Gasteiger charge is 2.17. The van der Waals surface area contributed by atoms with E-state index in [0.29, 0.717) is 5.75 Å². The van der Waals surface area contributed by atoms with Crippen molar-refractivity contribution in [2.24, 2.45) is 0 Å². The standard InChI is InChI=1S/C15H11ClFN3O/c16-13-9(18)7-10(19)15(14(13)17)21-12-5-1-4-11-8(12)3-2-6-20-11/h1-7H,18-19H2. The summed E-state index contributed by atoms with van der Waals surface area (Å²) in [5.74, 6) is -0.493. The van der Waals surface area contributed by atoms with Crippen LogP contribution in [-0.4, -0.2) is 4.98 Å². The molecule has 0 aliphatic heterocycles. The van der Waals surface area contributed by atoms with Crippen LogP contribution in [0.5, 0.6) is 11.5 Å². The van der Waals surface area contributed by atoms with E-state index in [-0.39, 0.29) is 22.1 Å². The van der Waals surface area contributed by atoms with Crippen molar-refractivity contribution >= 4 is 33.9 Å². The first-order chi connectivity index (χ1) is 10.1. The van der Waals surface area contributed by atoms with Gasteiger partial charge in [-0.2, -0.15) is 0 Å². The van der Waals surface area contributed by atoms with Crippen LogP contribution in [-0.2, 0) is 0 Å². The second kappa shape index (κ2) is 5.10. The van der Waals surface area contributed by atoms with Crippen LogP contribution in [0.4, 0.5) is 15.8 Å². The van der Waals surface area contributed by atoms with E-state index in [1.165, 1.54) is 6.07 Å². The smallest absolute Gasteiger partial charge is 0.188 e. The largest absolute Gasteiger partial charge is 0.451 e. The van der Waals surface area contributed by atoms with Crippen molar-refractivity contribution in [1.29, 1.82) is 0 Å². The Morgan fingerprint density at radius 3 is 2.71 bits per heavy atom. The van der Waals surface area contributed by atoms with Crippen molar-refractivity contribution in [3.8, 4) is 11.5 Å². The number of hydrogen-bond acceptors (Lipinski definition) is 4. The summed E-state index contributed by atoms with van der Waals surface area (Å²) in [5, 5.41) is 0.532. The molecule has 0 aliphatic carbocycles. The summed E-state index contributed by atoms with van der Waals surface area (Å²) in [5.41, 5.74) is 12.2. The molecule has 0 saturated carbocycles. The van der Waals surface area contributed by atoms with Crippen molar-refractivity contribution in [3.05, 3.63) is 53.4 Å². The Bertz CT molecular complexity index is 833. The van der Waals surface area contributed by atoms with Crippen LogP contribution in [0.3, 0.4) is 0 Å². The molecule has 3 aromatic rings. The highest BCUT2D eigenvalue weighted by Crippen LogP contribution is 2.39. The zero-order valence-electron chi connectivity index (χ0n) is 10.8. The Balaban J connectivity index is 2.14. The van der Waals surface area contributed by atoms with Gasteiger partial charge in [0.05, 0.1) is 16.9 Å². The van der Waals surface area contributed by atoms with Crippen LogP contribution in [0.25, 0.3) is 10.9 Å². The predicted octanol–water partition coefficient (Wildman–Crippen LogP) is 3.98. The number of nitrogen functional groups attached to an aromatic ring is 2. The molecule has 0 amide bonds. The minimum absolute atomic E-state index is 0.0682. The Morgan fingerprint density at radius 2 is 1.90 bits per heavy atom. The molecule has 0 saturated heterocycles. The molecule has 106 valence electrons. The van der Waals surface area contributed by atoms with Gasteiger partial charge in [0.1, 0.15) is 10.8 Å². The summed E-state index contributed by atoms with van der Waals surface area (Å²) in [7, 11) is 0. The first-order valence-corrected chi connectivity index (χ1v) is 6.50. The number of pyridine rings is 1. The van der Waals surface area contributed by atoms with Crippen molar-refractivity contribution in [3.63, 3.8) is 0 Å². The number of halogens is 2. The summed E-state index contributed by atoms with van der Waals surface area (Å²) in [6, 6.07) is 10.3. The van der Waals surface area contributed by atoms with Crippen LogP contribution >= 0.6 is 11.6 Å². The molecule has 0 aliphatic rings. The van der Waals surface area contributed by atoms with Gasteiger partial charge in [0.25, 0.3) is 0 Å². The molecule has 0 unspecified atom stereocenters. The fourth-order valence-electron chi connectivity index (χ4n) is 2.03. The minimum atomic E-state index is -0.782. The zero-order valence-corrected chi connectivity index (χ0v) is 11.6. The third kappa shape index (κ3) is 2.32. The second-order valence-corrected chi connectivity index (χ2v) is 4.82. The van der Waals surface area contributed by atoms with Crippen LogP contribution in [0.2, 0.25) is 5.02 Å². The highest BCUT2D eigenvalue weighted by atomic mass is 35.5. The number of nitrogens with zero attached hydrogens (tertiary/aromatic N) is 1. The van der Waals surface area contributed by atoms with Crippen LogP contribution in [0.15, 0.2) is 42.6 Å². The number of aromatic nitrogens is 1. The molecule has 4 N–H and O–H groups in total. The molecule has 0 spiro atoms. The Hall–Kier alpha value is -2.53. The van der Waals surface area contributed by atoms with E-state index in [1.54, 1.807) is 24.4 Å². The maximum Gasteiger partial charge on any atom is 0.188 e. The predicted molar refractivity (Wildman–Crippen MR) is 82.1 cm³/mol. The monoisotopic (exact) mass is 303 g/mol. The fourth-order valence-corrected chi connectivity index (χ4v) is 2.17. The summed E-state index contributed by atoms with van der Waals surface area (Å²) >= 11 is 5.79. The number of hydrogen-bond donors (Lipinski definition) is 2. The molecule has 0 atom stereocenters. The van der Waals surface area contributed by atoms with Gasteiger partial charge in [0, 0.05) is 11.6 Å². The summed E-state index contributed by atoms with van der Waals surface area (Å²) in [6.07, 6.45) is 1.67. The topological polar surface area (TPSA) is 74.2 Å². The highest BCUT2D eigenvalue weighted by molar-refractivity contribution is 6.33. The van der Waals surface area contributed by atoms with E-state index in [9.17, 15) is 4.39 Å². The zero-order chi connectivity index (χ0) is 15.0. The van der Waals surface area contributed by atoms with Crippen molar-refractivity contribution in [1.82, 2.24) is 4.98 Å². The Labute approximate surface area is 125 Å². The van der Waals surface area contributed by atoms with Gasteiger partial charge in [-0.1, -0.05) is 17.7 Å². The lowest BCUT2D eigenvalue weighted by Crippen LogP contribution is -2.00. The third-order valence-corrected chi connectivity index (χ3v) is 3.42. The first-order valence-electron chi connectivity index (χ1n) is 6.12. The molecule has 2 aromatic carbocycles. The molecule has 1 heterocycles. The molecule has 0 radical (unpaired) electrons. The molecular weight excluding hydrogens is 293 g/mol. The summed E-state index contributed by atoms with van der Waals surface area (Å²) in [4.78, 5) is 4.21. The molecule has 1 aromatic heterocycles. The normalized spacial score (nSPS) is 10.8. The van der Waals surface area contributed by atoms with Gasteiger partial charge in [-0.25, -0.2) is 4.39 Å². The van der Waals surface area contributed by atoms with Gasteiger partial charge in [0.15, 0.2) is 11.6 Å². The molecule has 6 heteroatoms. The average molecular weight is 304 g/mol. The summed E-state index contributed by atoms with van der Waals surface area (Å²) in [6.45, 7) is 0. The molecule has 4 nitrogen and oxygen atoms in total. The van der Waals surface area contributed by atoms with Gasteiger partial charge in [0.2, 0.25) is 0 Å². The van der Waals surface area contributed by atoms with Crippen molar-refractivity contribution in [2.45, 2.75) is 0 Å². The lowest BCUT2D eigenvalue weighted by molar-refractivity contribution is 0.449. The van der Waals surface area contributed by atoms with Gasteiger partial charge >= 0.3 is 0 Å². The van der Waals surface area contributed by atoms with Gasteiger partial charge in [-0.3, -0.25) is 4.98 Å². The van der Waals surface area contributed by atoms with Gasteiger partial charge in [-0.05, 0) is 30.3 Å². The lowest BCUT2D eigenvalue weighted by atomic mass is 10.2. The lowest BCUT2D eigenvalue weighted by Gasteiger charge is -2.13. The van der Waals surface area contributed by atoms with E-state index in [4.69, 9.17) is 27.8 Å². The second-order valence-electron chi connectivity index (χ2n) is 4.44. The van der Waals surface area contributed by atoms with E-state index in [0.717, 1.165) is 10.9 Å². The third-order valence-electron chi connectivity index (χ3n) is 3.04. The van der Waals surface area contributed by atoms with Crippen molar-refractivity contribution in [2.75, 3.05) is 11.5 Å². The number of fused-ring (bicyclic) bond motifs is 1. The first kappa shape index (κ1) is 13.5. The number of benzene rings is 2. The number of anilines is 2. The molecule has 0 bridgehead atoms. The molecule has 3 rings (SSSR count). The Kier molecular flexibility index (Phi) is 3.27. The van der Waals surface area contributed by atoms with E-state index in [2.05, 4.69) is 4.98 Å². The van der Waals surface area contributed by atoms with Crippen LogP contribution in [0.1, 0.15) is 0 Å². The van der Waals surface area contributed by atoms with Crippen LogP contribution in [0, 0.1) is 5.82 Å². The molecule has 21 heavy (non-hydrogen) atoms. The molecule has 0 fully saturated rings. The van der Waals surface area contributed by atoms with Gasteiger partial charge < -0.3 is 16.2 Å². The number of rotatable bonds is 2. The minimum Gasteiger partial charge on any atom is -0.451 e. The van der Waals surface area contributed by atoms with E-state index in [1.807, 2.05) is 12.1 Å². The maximum absolute atomic E-state index is 14.2. The van der Waals surface area contributed by atoms with E-state index < -0.39 is 5.82 Å². The SMILES string of the molecule is Nc1cc(N)c(Oc2cccc3ncccc23)c(F)c1Cl. The number of nitrogens with two attached hydrogens (primary N) is 2. The van der Waals surface area contributed by atoms with Crippen LogP contribution < -0.4 is 16.2 Å². The summed E-state index contributed by atoms with van der Waals surface area (Å²) < 4.78 is 19.8. The number of ether oxygens (including phenoxy) is 1. The average Bonchev–Trinajstić information content (AvgIpc) is 2.49. The quantitative estimate of drug-likeness (QED) is 0.702. The molecular formula is C15H11ClFN3O.